The standard InChI is InChI=1S/C12H15ClN2O3/c1-7(6-14)11(16)15-10(12(17)18)8-4-2-3-5-9(8)13/h2-5,7,10H,6,14H2,1H3,(H,15,16)(H,17,18)/t7?,10-/m1/s1. The Morgan fingerprint density at radius 3 is 2.56 bits per heavy atom. The molecule has 0 bridgehead atoms. The summed E-state index contributed by atoms with van der Waals surface area (Å²) in [6.07, 6.45) is 0. The summed E-state index contributed by atoms with van der Waals surface area (Å²) >= 11 is 5.92. The number of carboxylic acid groups (broad SMARTS) is 1. The van der Waals surface area contributed by atoms with Crippen molar-refractivity contribution in [1.82, 2.24) is 5.32 Å². The molecule has 0 aromatic heterocycles. The number of carbonyl (C=O) groups is 2. The van der Waals surface area contributed by atoms with Crippen LogP contribution in [-0.2, 0) is 9.59 Å². The molecule has 1 aromatic rings. The molecule has 0 radical (unpaired) electrons. The first-order chi connectivity index (χ1) is 8.47. The number of aliphatic carboxylic acids is 1. The van der Waals surface area contributed by atoms with Gasteiger partial charge in [-0.15, -0.1) is 0 Å². The van der Waals surface area contributed by atoms with Gasteiger partial charge in [0.25, 0.3) is 0 Å². The van der Waals surface area contributed by atoms with Gasteiger partial charge in [0, 0.05) is 23.0 Å². The monoisotopic (exact) mass is 270 g/mol. The number of amides is 1. The third-order valence-corrected chi connectivity index (χ3v) is 2.90. The van der Waals surface area contributed by atoms with Crippen LogP contribution in [0.1, 0.15) is 18.5 Å². The lowest BCUT2D eigenvalue weighted by molar-refractivity contribution is -0.142. The molecule has 0 spiro atoms. The lowest BCUT2D eigenvalue weighted by Gasteiger charge is -2.18. The van der Waals surface area contributed by atoms with Gasteiger partial charge in [-0.2, -0.15) is 0 Å². The van der Waals surface area contributed by atoms with Crippen molar-refractivity contribution in [3.63, 3.8) is 0 Å². The maximum absolute atomic E-state index is 11.7. The first-order valence-electron chi connectivity index (χ1n) is 5.45. The molecule has 0 aliphatic carbocycles. The van der Waals surface area contributed by atoms with E-state index in [9.17, 15) is 9.59 Å². The lowest BCUT2D eigenvalue weighted by atomic mass is 10.1. The van der Waals surface area contributed by atoms with E-state index in [1.54, 1.807) is 31.2 Å². The van der Waals surface area contributed by atoms with Gasteiger partial charge in [-0.1, -0.05) is 36.7 Å². The van der Waals surface area contributed by atoms with Crippen molar-refractivity contribution in [3.8, 4) is 0 Å². The zero-order chi connectivity index (χ0) is 13.7. The fourth-order valence-corrected chi connectivity index (χ4v) is 1.62. The third-order valence-electron chi connectivity index (χ3n) is 2.55. The number of hydrogen-bond donors (Lipinski definition) is 3. The van der Waals surface area contributed by atoms with Crippen LogP contribution in [0.3, 0.4) is 0 Å². The van der Waals surface area contributed by atoms with Crippen LogP contribution in [-0.4, -0.2) is 23.5 Å². The van der Waals surface area contributed by atoms with Crippen molar-refractivity contribution in [3.05, 3.63) is 34.9 Å². The molecule has 1 rings (SSSR count). The highest BCUT2D eigenvalue weighted by Gasteiger charge is 2.25. The summed E-state index contributed by atoms with van der Waals surface area (Å²) in [6.45, 7) is 1.78. The van der Waals surface area contributed by atoms with E-state index in [4.69, 9.17) is 22.4 Å². The molecule has 1 amide bonds. The van der Waals surface area contributed by atoms with Crippen LogP contribution in [0.15, 0.2) is 24.3 Å². The predicted molar refractivity (Wildman–Crippen MR) is 68.2 cm³/mol. The molecule has 1 aromatic carbocycles. The van der Waals surface area contributed by atoms with Crippen molar-refractivity contribution in [2.75, 3.05) is 6.54 Å². The number of carboxylic acids is 1. The molecule has 18 heavy (non-hydrogen) atoms. The first kappa shape index (κ1) is 14.5. The van der Waals surface area contributed by atoms with Gasteiger partial charge in [-0.3, -0.25) is 4.79 Å². The number of carbonyl (C=O) groups excluding carboxylic acids is 1. The molecule has 0 aliphatic rings. The summed E-state index contributed by atoms with van der Waals surface area (Å²) < 4.78 is 0. The van der Waals surface area contributed by atoms with Crippen LogP contribution >= 0.6 is 11.6 Å². The second-order valence-corrected chi connectivity index (χ2v) is 4.35. The quantitative estimate of drug-likeness (QED) is 0.749. The van der Waals surface area contributed by atoms with E-state index in [0.717, 1.165) is 0 Å². The van der Waals surface area contributed by atoms with Gasteiger partial charge in [-0.25, -0.2) is 4.79 Å². The van der Waals surface area contributed by atoms with E-state index in [-0.39, 0.29) is 6.54 Å². The Morgan fingerprint density at radius 2 is 2.06 bits per heavy atom. The van der Waals surface area contributed by atoms with Gasteiger partial charge >= 0.3 is 5.97 Å². The predicted octanol–water partition coefficient (Wildman–Crippen LogP) is 1.18. The second-order valence-electron chi connectivity index (χ2n) is 3.94. The van der Waals surface area contributed by atoms with E-state index >= 15 is 0 Å². The Balaban J connectivity index is 2.95. The van der Waals surface area contributed by atoms with Crippen molar-refractivity contribution >= 4 is 23.5 Å². The number of hydrogen-bond acceptors (Lipinski definition) is 3. The van der Waals surface area contributed by atoms with Crippen molar-refractivity contribution in [2.45, 2.75) is 13.0 Å². The lowest BCUT2D eigenvalue weighted by Crippen LogP contribution is -2.39. The van der Waals surface area contributed by atoms with Crippen molar-refractivity contribution in [2.24, 2.45) is 11.7 Å². The molecule has 2 atom stereocenters. The van der Waals surface area contributed by atoms with E-state index in [0.29, 0.717) is 10.6 Å². The third kappa shape index (κ3) is 3.45. The summed E-state index contributed by atoms with van der Waals surface area (Å²) in [6, 6.07) is 5.32. The van der Waals surface area contributed by atoms with Crippen LogP contribution in [0.2, 0.25) is 5.02 Å². The Labute approximate surface area is 110 Å². The van der Waals surface area contributed by atoms with Crippen LogP contribution in [0.4, 0.5) is 0 Å². The number of rotatable bonds is 5. The van der Waals surface area contributed by atoms with E-state index < -0.39 is 23.8 Å². The Hall–Kier alpha value is -1.59. The van der Waals surface area contributed by atoms with Gasteiger partial charge in [0.2, 0.25) is 5.91 Å². The summed E-state index contributed by atoms with van der Waals surface area (Å²) in [5.74, 6) is -2.03. The molecule has 6 heteroatoms. The Morgan fingerprint density at radius 1 is 1.44 bits per heavy atom. The molecular formula is C12H15ClN2O3. The molecule has 0 saturated carbocycles. The average molecular weight is 271 g/mol. The summed E-state index contributed by atoms with van der Waals surface area (Å²) in [5.41, 5.74) is 5.71. The van der Waals surface area contributed by atoms with Crippen LogP contribution in [0.25, 0.3) is 0 Å². The SMILES string of the molecule is CC(CN)C(=O)N[C@@H](C(=O)O)c1ccccc1Cl. The van der Waals surface area contributed by atoms with Gasteiger partial charge < -0.3 is 16.2 Å². The van der Waals surface area contributed by atoms with Gasteiger partial charge in [0.1, 0.15) is 0 Å². The molecule has 0 heterocycles. The summed E-state index contributed by atoms with van der Waals surface area (Å²) in [4.78, 5) is 22.9. The largest absolute Gasteiger partial charge is 0.479 e. The number of nitrogens with two attached hydrogens (primary N) is 1. The molecule has 0 saturated heterocycles. The first-order valence-corrected chi connectivity index (χ1v) is 5.82. The summed E-state index contributed by atoms with van der Waals surface area (Å²) in [7, 11) is 0. The average Bonchev–Trinajstić information content (AvgIpc) is 2.35. The Kier molecular flexibility index (Phi) is 5.12. The van der Waals surface area contributed by atoms with Gasteiger partial charge in [-0.05, 0) is 6.07 Å². The maximum atomic E-state index is 11.7. The highest BCUT2D eigenvalue weighted by atomic mass is 35.5. The Bertz CT molecular complexity index is 451. The maximum Gasteiger partial charge on any atom is 0.330 e. The van der Waals surface area contributed by atoms with E-state index in [1.165, 1.54) is 0 Å². The van der Waals surface area contributed by atoms with Gasteiger partial charge in [0.15, 0.2) is 6.04 Å². The van der Waals surface area contributed by atoms with Gasteiger partial charge in [0.05, 0.1) is 0 Å². The minimum Gasteiger partial charge on any atom is -0.479 e. The molecule has 4 N–H and O–H groups in total. The fourth-order valence-electron chi connectivity index (χ4n) is 1.37. The van der Waals surface area contributed by atoms with Crippen LogP contribution in [0.5, 0.6) is 0 Å². The molecule has 0 aliphatic heterocycles. The normalized spacial score (nSPS) is 13.7. The van der Waals surface area contributed by atoms with Crippen LogP contribution < -0.4 is 11.1 Å². The molecule has 98 valence electrons. The molecule has 0 fully saturated rings. The smallest absolute Gasteiger partial charge is 0.330 e. The zero-order valence-electron chi connectivity index (χ0n) is 9.89. The minimum atomic E-state index is -1.17. The topological polar surface area (TPSA) is 92.4 Å². The molecule has 1 unspecified atom stereocenters. The zero-order valence-corrected chi connectivity index (χ0v) is 10.6. The summed E-state index contributed by atoms with van der Waals surface area (Å²) in [5, 5.41) is 11.9. The van der Waals surface area contributed by atoms with E-state index in [2.05, 4.69) is 5.32 Å². The van der Waals surface area contributed by atoms with E-state index in [1.807, 2.05) is 0 Å². The van der Waals surface area contributed by atoms with Crippen molar-refractivity contribution < 1.29 is 14.7 Å². The second kappa shape index (κ2) is 6.37. The highest BCUT2D eigenvalue weighted by Crippen LogP contribution is 2.23. The number of nitrogens with one attached hydrogen (secondary N) is 1. The number of benzene rings is 1. The number of halogens is 1. The fraction of sp³-hybridized carbons (Fsp3) is 0.333. The molecule has 5 nitrogen and oxygen atoms in total. The van der Waals surface area contributed by atoms with Crippen molar-refractivity contribution in [1.29, 1.82) is 0 Å². The highest BCUT2D eigenvalue weighted by molar-refractivity contribution is 6.31. The molecular weight excluding hydrogens is 256 g/mol. The minimum absolute atomic E-state index is 0.153. The van der Waals surface area contributed by atoms with Crippen LogP contribution in [0, 0.1) is 5.92 Å².